The second-order valence-electron chi connectivity index (χ2n) is 15.6. The number of cyclic esters (lactones) is 1. The Hall–Kier alpha value is -2.66. The minimum Gasteiger partial charge on any atom is -0.465 e. The molecule has 0 bridgehead atoms. The van der Waals surface area contributed by atoms with Gasteiger partial charge in [-0.25, -0.2) is 4.79 Å². The highest BCUT2D eigenvalue weighted by molar-refractivity contribution is 5.85. The first-order valence-corrected chi connectivity index (χ1v) is 17.5. The highest BCUT2D eigenvalue weighted by atomic mass is 16.7. The fraction of sp³-hybridized carbons (Fsp3) is 0.829. The van der Waals surface area contributed by atoms with Gasteiger partial charge in [0.2, 0.25) is 0 Å². The molecule has 0 aromatic rings. The lowest BCUT2D eigenvalue weighted by atomic mass is 9.40. The molecular formula is C35H50O15. The molecular weight excluding hydrogens is 660 g/mol. The van der Waals surface area contributed by atoms with Gasteiger partial charge in [-0.15, -0.1) is 0 Å². The van der Waals surface area contributed by atoms with E-state index in [0.29, 0.717) is 12.8 Å². The highest BCUT2D eigenvalue weighted by Crippen LogP contribution is 2.72. The van der Waals surface area contributed by atoms with E-state index in [2.05, 4.69) is 0 Å². The number of rotatable bonds is 7. The smallest absolute Gasteiger partial charge is 0.331 e. The second-order valence-corrected chi connectivity index (χ2v) is 15.6. The number of carbonyl (C=O) groups excluding carboxylic acids is 4. The molecule has 0 unspecified atom stereocenters. The van der Waals surface area contributed by atoms with E-state index < -0.39 is 113 Å². The van der Waals surface area contributed by atoms with Crippen LogP contribution in [-0.2, 0) is 47.6 Å². The van der Waals surface area contributed by atoms with E-state index >= 15 is 0 Å². The molecule has 6 aliphatic rings. The largest absolute Gasteiger partial charge is 0.465 e. The number of hydrogen-bond acceptors (Lipinski definition) is 15. The third-order valence-corrected chi connectivity index (χ3v) is 13.0. The fourth-order valence-corrected chi connectivity index (χ4v) is 11.0. The van der Waals surface area contributed by atoms with Crippen LogP contribution in [0.3, 0.4) is 0 Å². The van der Waals surface area contributed by atoms with Gasteiger partial charge < -0.3 is 54.0 Å². The first-order valence-electron chi connectivity index (χ1n) is 17.5. The molecule has 15 heteroatoms. The maximum atomic E-state index is 13.0. The van der Waals surface area contributed by atoms with Gasteiger partial charge in [-0.3, -0.25) is 14.4 Å². The molecule has 5 N–H and O–H groups in total. The minimum atomic E-state index is -1.80. The Bertz CT molecular complexity index is 1420. The first kappa shape index (κ1) is 37.1. The highest BCUT2D eigenvalue weighted by Gasteiger charge is 2.78. The molecule has 280 valence electrons. The predicted octanol–water partition coefficient (Wildman–Crippen LogP) is 0.197. The number of aliphatic hydroxyl groups excluding tert-OH is 4. The van der Waals surface area contributed by atoms with E-state index in [0.717, 1.165) is 5.57 Å². The van der Waals surface area contributed by atoms with Crippen LogP contribution in [0.4, 0.5) is 0 Å². The Morgan fingerprint density at radius 2 is 1.68 bits per heavy atom. The molecule has 50 heavy (non-hydrogen) atoms. The summed E-state index contributed by atoms with van der Waals surface area (Å²) in [6, 6.07) is 0. The van der Waals surface area contributed by atoms with E-state index in [9.17, 15) is 44.7 Å². The van der Waals surface area contributed by atoms with Gasteiger partial charge in [0.15, 0.2) is 6.29 Å². The standard InChI is InChI=1S/C35H50O15/c1-16-28(41)29(42)30(43)31(47-16)49-21-11-25(39)34(15-46-17(2)36)27-23(6-8-33(34,44)12-21)35(50-19(4)38)9-7-22(20-10-26(40)45-14-20)32(35,5)13-24(27)48-18(3)37/h10,16,21-25,27-31,39,41-44H,6-9,11-15H2,1-5H3/t16-,21-,22+,23+,24+,25+,27+,28-,29+,30+,31-,32+,33-,34+,35-/m0/s1. The molecule has 2 aliphatic heterocycles. The average Bonchev–Trinajstić information content (AvgIpc) is 3.57. The number of ether oxygens (including phenoxy) is 6. The summed E-state index contributed by atoms with van der Waals surface area (Å²) in [5.74, 6) is -4.01. The van der Waals surface area contributed by atoms with E-state index in [4.69, 9.17) is 28.4 Å². The van der Waals surface area contributed by atoms with Crippen LogP contribution in [0.15, 0.2) is 11.6 Å². The van der Waals surface area contributed by atoms with Crippen molar-refractivity contribution >= 4 is 23.9 Å². The van der Waals surface area contributed by atoms with Crippen molar-refractivity contribution in [1.82, 2.24) is 0 Å². The topological polar surface area (TPSA) is 225 Å². The van der Waals surface area contributed by atoms with Crippen LogP contribution in [0.25, 0.3) is 0 Å². The Morgan fingerprint density at radius 1 is 0.960 bits per heavy atom. The summed E-state index contributed by atoms with van der Waals surface area (Å²) in [7, 11) is 0. The molecule has 0 aromatic carbocycles. The molecule has 4 aliphatic carbocycles. The van der Waals surface area contributed by atoms with Crippen molar-refractivity contribution in [2.24, 2.45) is 28.6 Å². The van der Waals surface area contributed by atoms with Gasteiger partial charge in [0.25, 0.3) is 0 Å². The zero-order valence-corrected chi connectivity index (χ0v) is 29.1. The van der Waals surface area contributed by atoms with Crippen LogP contribution in [0.5, 0.6) is 0 Å². The number of carbonyl (C=O) groups is 4. The lowest BCUT2D eigenvalue weighted by Crippen LogP contribution is -2.76. The van der Waals surface area contributed by atoms with Gasteiger partial charge >= 0.3 is 23.9 Å². The molecule has 1 saturated heterocycles. The molecule has 15 atom stereocenters. The van der Waals surface area contributed by atoms with Crippen molar-refractivity contribution in [2.45, 2.75) is 140 Å². The maximum Gasteiger partial charge on any atom is 0.331 e. The van der Waals surface area contributed by atoms with Crippen molar-refractivity contribution < 1.29 is 73.1 Å². The number of esters is 4. The summed E-state index contributed by atoms with van der Waals surface area (Å²) in [6.07, 6.45) is -7.52. The van der Waals surface area contributed by atoms with Crippen molar-refractivity contribution in [2.75, 3.05) is 13.2 Å². The van der Waals surface area contributed by atoms with Crippen LogP contribution in [-0.4, -0.2) is 123 Å². The van der Waals surface area contributed by atoms with E-state index in [1.807, 2.05) is 6.92 Å². The summed E-state index contributed by atoms with van der Waals surface area (Å²) in [5, 5.41) is 56.3. The Kier molecular flexibility index (Phi) is 9.71. The lowest BCUT2D eigenvalue weighted by Gasteiger charge is -2.69. The van der Waals surface area contributed by atoms with Gasteiger partial charge in [-0.1, -0.05) is 6.92 Å². The molecule has 0 amide bonds. The van der Waals surface area contributed by atoms with Crippen molar-refractivity contribution in [3.63, 3.8) is 0 Å². The predicted molar refractivity (Wildman–Crippen MR) is 167 cm³/mol. The van der Waals surface area contributed by atoms with Crippen LogP contribution in [0.1, 0.15) is 79.6 Å². The molecule has 15 nitrogen and oxygen atoms in total. The third-order valence-electron chi connectivity index (χ3n) is 13.0. The fourth-order valence-electron chi connectivity index (χ4n) is 11.0. The number of aliphatic hydroxyl groups is 5. The monoisotopic (exact) mass is 710 g/mol. The lowest BCUT2D eigenvalue weighted by molar-refractivity contribution is -0.343. The van der Waals surface area contributed by atoms with Gasteiger partial charge in [0.05, 0.1) is 29.3 Å². The molecule has 0 aromatic heterocycles. The SMILES string of the molecule is CC(=O)OC[C@@]12[C@@H]3[C@@H](CC[C@]1(O)C[C@@H](O[C@@H]1O[C@@H](C)[C@H](O)[C@@H](O)[C@H]1O)C[C@H]2O)[C@@]1(OC(C)=O)CC[C@H](C2=CC(=O)OC2)[C@@]1(C)C[C@H]3OC(C)=O. The van der Waals surface area contributed by atoms with Gasteiger partial charge in [-0.05, 0) is 50.5 Å². The van der Waals surface area contributed by atoms with Gasteiger partial charge in [0, 0.05) is 56.9 Å². The summed E-state index contributed by atoms with van der Waals surface area (Å²) < 4.78 is 35.2. The van der Waals surface area contributed by atoms with Crippen molar-refractivity contribution in [1.29, 1.82) is 0 Å². The normalized spacial score (nSPS) is 48.3. The van der Waals surface area contributed by atoms with E-state index in [-0.39, 0.29) is 44.6 Å². The molecule has 0 spiro atoms. The van der Waals surface area contributed by atoms with Gasteiger partial charge in [0.1, 0.15) is 43.2 Å². The molecule has 5 fully saturated rings. The summed E-state index contributed by atoms with van der Waals surface area (Å²) in [4.78, 5) is 50.4. The van der Waals surface area contributed by atoms with Gasteiger partial charge in [-0.2, -0.15) is 0 Å². The van der Waals surface area contributed by atoms with Crippen LogP contribution >= 0.6 is 0 Å². The molecule has 6 rings (SSSR count). The summed E-state index contributed by atoms with van der Waals surface area (Å²) in [6.45, 7) is 6.92. The number of hydrogen-bond donors (Lipinski definition) is 5. The Labute approximate surface area is 290 Å². The van der Waals surface area contributed by atoms with Crippen LogP contribution in [0.2, 0.25) is 0 Å². The third kappa shape index (κ3) is 5.67. The molecule has 2 heterocycles. The van der Waals surface area contributed by atoms with Crippen molar-refractivity contribution in [3.05, 3.63) is 11.6 Å². The Balaban J connectivity index is 1.43. The van der Waals surface area contributed by atoms with Crippen LogP contribution in [0, 0.1) is 28.6 Å². The summed E-state index contributed by atoms with van der Waals surface area (Å²) in [5.41, 5.74) is -4.73. The van der Waals surface area contributed by atoms with Crippen molar-refractivity contribution in [3.8, 4) is 0 Å². The van der Waals surface area contributed by atoms with E-state index in [1.165, 1.54) is 33.8 Å². The molecule has 0 radical (unpaired) electrons. The van der Waals surface area contributed by atoms with E-state index in [1.54, 1.807) is 0 Å². The van der Waals surface area contributed by atoms with Crippen LogP contribution < -0.4 is 0 Å². The first-order chi connectivity index (χ1) is 23.4. The molecule has 4 saturated carbocycles. The Morgan fingerprint density at radius 3 is 2.30 bits per heavy atom. The zero-order valence-electron chi connectivity index (χ0n) is 29.1. The zero-order chi connectivity index (χ0) is 36.6. The minimum absolute atomic E-state index is 0.0407. The average molecular weight is 711 g/mol. The quantitative estimate of drug-likeness (QED) is 0.135. The second kappa shape index (κ2) is 13.1. The maximum absolute atomic E-state index is 13.0. The summed E-state index contributed by atoms with van der Waals surface area (Å²) >= 11 is 0. The number of fused-ring (bicyclic) bond motifs is 5.